The van der Waals surface area contributed by atoms with Crippen LogP contribution in [0.15, 0.2) is 6.07 Å². The number of amides is 1. The fraction of sp³-hybridized carbons (Fsp3) is 0.737. The highest BCUT2D eigenvalue weighted by atomic mass is 16.5. The summed E-state index contributed by atoms with van der Waals surface area (Å²) in [6, 6.07) is 2.06. The molecule has 1 N–H and O–H groups in total. The summed E-state index contributed by atoms with van der Waals surface area (Å²) >= 11 is 0. The van der Waals surface area contributed by atoms with Crippen LogP contribution in [-0.2, 0) is 9.53 Å². The van der Waals surface area contributed by atoms with Gasteiger partial charge in [-0.15, -0.1) is 0 Å². The molecule has 3 rings (SSSR count). The third kappa shape index (κ3) is 4.26. The van der Waals surface area contributed by atoms with E-state index in [-0.39, 0.29) is 5.41 Å². The van der Waals surface area contributed by atoms with Gasteiger partial charge in [-0.3, -0.25) is 4.79 Å². The first-order chi connectivity index (χ1) is 12.5. The van der Waals surface area contributed by atoms with Crippen molar-refractivity contribution in [3.63, 3.8) is 0 Å². The van der Waals surface area contributed by atoms with Crippen LogP contribution in [-0.4, -0.2) is 67.7 Å². The fourth-order valence-corrected chi connectivity index (χ4v) is 4.15. The third-order valence-corrected chi connectivity index (χ3v) is 5.74. The van der Waals surface area contributed by atoms with Gasteiger partial charge in [0.05, 0.1) is 0 Å². The Morgan fingerprint density at radius 1 is 1.27 bits per heavy atom. The highest BCUT2D eigenvalue weighted by molar-refractivity contribution is 5.77. The maximum absolute atomic E-state index is 12.3. The molecule has 0 bridgehead atoms. The standard InChI is InChI=1S/C19H31N5O2/c1-15-13-16(22-18(20-2)21-15)23-10-7-19(8-11-23)6-5-17(25)24(14-19)9-4-12-26-3/h13H,4-12,14H2,1-3H3,(H,20,21,22). The smallest absolute Gasteiger partial charge is 0.224 e. The number of rotatable bonds is 6. The van der Waals surface area contributed by atoms with E-state index in [0.717, 1.165) is 63.4 Å². The number of nitrogens with zero attached hydrogens (tertiary/aromatic N) is 4. The van der Waals surface area contributed by atoms with Crippen molar-refractivity contribution in [2.45, 2.75) is 39.0 Å². The molecule has 2 aliphatic rings. The topological polar surface area (TPSA) is 70.6 Å². The second kappa shape index (κ2) is 8.20. The summed E-state index contributed by atoms with van der Waals surface area (Å²) in [5, 5.41) is 3.04. The summed E-state index contributed by atoms with van der Waals surface area (Å²) < 4.78 is 5.13. The highest BCUT2D eigenvalue weighted by Crippen LogP contribution is 2.41. The van der Waals surface area contributed by atoms with E-state index in [4.69, 9.17) is 4.74 Å². The Kier molecular flexibility index (Phi) is 5.96. The van der Waals surface area contributed by atoms with Gasteiger partial charge in [-0.05, 0) is 38.0 Å². The molecule has 0 atom stereocenters. The molecule has 2 saturated heterocycles. The van der Waals surface area contributed by atoms with E-state index in [9.17, 15) is 4.79 Å². The molecule has 1 aromatic rings. The summed E-state index contributed by atoms with van der Waals surface area (Å²) in [7, 11) is 3.56. The van der Waals surface area contributed by atoms with E-state index < -0.39 is 0 Å². The highest BCUT2D eigenvalue weighted by Gasteiger charge is 2.41. The van der Waals surface area contributed by atoms with Gasteiger partial charge in [0.25, 0.3) is 0 Å². The minimum absolute atomic E-state index is 0.269. The number of hydrogen-bond donors (Lipinski definition) is 1. The lowest BCUT2D eigenvalue weighted by molar-refractivity contribution is -0.138. The molecule has 7 nitrogen and oxygen atoms in total. The number of likely N-dealkylation sites (tertiary alicyclic amines) is 1. The van der Waals surface area contributed by atoms with Crippen LogP contribution in [0.4, 0.5) is 11.8 Å². The van der Waals surface area contributed by atoms with Gasteiger partial charge in [0.15, 0.2) is 0 Å². The van der Waals surface area contributed by atoms with Crippen LogP contribution in [0, 0.1) is 12.3 Å². The maximum atomic E-state index is 12.3. The largest absolute Gasteiger partial charge is 0.385 e. The molecule has 0 aliphatic carbocycles. The predicted octanol–water partition coefficient (Wildman–Crippen LogP) is 2.07. The molecule has 7 heteroatoms. The number of anilines is 2. The fourth-order valence-electron chi connectivity index (χ4n) is 4.15. The minimum Gasteiger partial charge on any atom is -0.385 e. The Bertz CT molecular complexity index is 628. The van der Waals surface area contributed by atoms with Crippen molar-refractivity contribution in [3.05, 3.63) is 11.8 Å². The van der Waals surface area contributed by atoms with Gasteiger partial charge in [0.2, 0.25) is 11.9 Å². The monoisotopic (exact) mass is 361 g/mol. The zero-order chi connectivity index (χ0) is 18.6. The van der Waals surface area contributed by atoms with Crippen molar-refractivity contribution in [1.29, 1.82) is 0 Å². The van der Waals surface area contributed by atoms with Crippen molar-refractivity contribution in [3.8, 4) is 0 Å². The van der Waals surface area contributed by atoms with Crippen molar-refractivity contribution >= 4 is 17.7 Å². The van der Waals surface area contributed by atoms with Crippen LogP contribution in [0.1, 0.15) is 37.8 Å². The van der Waals surface area contributed by atoms with Gasteiger partial charge >= 0.3 is 0 Å². The third-order valence-electron chi connectivity index (χ3n) is 5.74. The quantitative estimate of drug-likeness (QED) is 0.782. The number of carbonyl (C=O) groups is 1. The number of ether oxygens (including phenoxy) is 1. The SMILES string of the molecule is CNc1nc(C)cc(N2CCC3(CCC(=O)N(CCCOC)C3)CC2)n1. The Morgan fingerprint density at radius 3 is 2.73 bits per heavy atom. The summed E-state index contributed by atoms with van der Waals surface area (Å²) in [6.07, 6.45) is 4.84. The second-order valence-electron chi connectivity index (χ2n) is 7.59. The Morgan fingerprint density at radius 2 is 2.04 bits per heavy atom. The first-order valence-corrected chi connectivity index (χ1v) is 9.60. The Hall–Kier alpha value is -1.89. The Labute approximate surface area is 156 Å². The molecule has 144 valence electrons. The summed E-state index contributed by atoms with van der Waals surface area (Å²) in [5.74, 6) is 1.98. The molecule has 0 aromatic carbocycles. The molecular formula is C19H31N5O2. The first-order valence-electron chi connectivity index (χ1n) is 9.60. The van der Waals surface area contributed by atoms with Crippen molar-refractivity contribution in [2.24, 2.45) is 5.41 Å². The van der Waals surface area contributed by atoms with Crippen LogP contribution in [0.25, 0.3) is 0 Å². The molecule has 0 saturated carbocycles. The molecule has 2 fully saturated rings. The van der Waals surface area contributed by atoms with Crippen molar-refractivity contribution < 1.29 is 9.53 Å². The number of hydrogen-bond acceptors (Lipinski definition) is 6. The lowest BCUT2D eigenvalue weighted by Crippen LogP contribution is -2.52. The van der Waals surface area contributed by atoms with E-state index >= 15 is 0 Å². The Balaban J connectivity index is 1.62. The molecule has 26 heavy (non-hydrogen) atoms. The number of aromatic nitrogens is 2. The predicted molar refractivity (Wildman–Crippen MR) is 103 cm³/mol. The molecule has 2 aliphatic heterocycles. The normalized spacial score (nSPS) is 19.9. The average Bonchev–Trinajstić information content (AvgIpc) is 2.65. The van der Waals surface area contributed by atoms with Crippen molar-refractivity contribution in [2.75, 3.05) is 57.2 Å². The van der Waals surface area contributed by atoms with Crippen molar-refractivity contribution in [1.82, 2.24) is 14.9 Å². The van der Waals surface area contributed by atoms with E-state index in [1.807, 2.05) is 14.0 Å². The van der Waals surface area contributed by atoms with Gasteiger partial charge < -0.3 is 19.9 Å². The van der Waals surface area contributed by atoms with E-state index in [0.29, 0.717) is 24.9 Å². The van der Waals surface area contributed by atoms with Gasteiger partial charge in [-0.25, -0.2) is 4.98 Å². The van der Waals surface area contributed by atoms with Gasteiger partial charge in [-0.2, -0.15) is 4.98 Å². The van der Waals surface area contributed by atoms with Crippen LogP contribution in [0.5, 0.6) is 0 Å². The number of methoxy groups -OCH3 is 1. The molecule has 0 radical (unpaired) electrons. The van der Waals surface area contributed by atoms with Gasteiger partial charge in [0.1, 0.15) is 5.82 Å². The lowest BCUT2D eigenvalue weighted by Gasteiger charge is -2.47. The maximum Gasteiger partial charge on any atom is 0.224 e. The number of piperidine rings is 2. The summed E-state index contributed by atoms with van der Waals surface area (Å²) in [4.78, 5) is 25.7. The zero-order valence-electron chi connectivity index (χ0n) is 16.3. The number of aryl methyl sites for hydroxylation is 1. The first kappa shape index (κ1) is 18.9. The molecule has 1 spiro atoms. The summed E-state index contributed by atoms with van der Waals surface area (Å²) in [6.45, 7) is 6.40. The van der Waals surface area contributed by atoms with Gasteiger partial charge in [-0.1, -0.05) is 0 Å². The van der Waals surface area contributed by atoms with E-state index in [2.05, 4.69) is 31.2 Å². The zero-order valence-corrected chi connectivity index (χ0v) is 16.3. The van der Waals surface area contributed by atoms with Crippen LogP contribution < -0.4 is 10.2 Å². The minimum atomic E-state index is 0.269. The van der Waals surface area contributed by atoms with Crippen LogP contribution >= 0.6 is 0 Å². The van der Waals surface area contributed by atoms with Gasteiger partial charge in [0, 0.05) is 65.1 Å². The molecule has 1 aromatic heterocycles. The van der Waals surface area contributed by atoms with Crippen LogP contribution in [0.3, 0.4) is 0 Å². The van der Waals surface area contributed by atoms with E-state index in [1.54, 1.807) is 7.11 Å². The number of nitrogens with one attached hydrogen (secondary N) is 1. The molecule has 3 heterocycles. The lowest BCUT2D eigenvalue weighted by atomic mass is 9.72. The van der Waals surface area contributed by atoms with E-state index in [1.165, 1.54) is 0 Å². The molecule has 1 amide bonds. The second-order valence-corrected chi connectivity index (χ2v) is 7.59. The van der Waals surface area contributed by atoms with Crippen LogP contribution in [0.2, 0.25) is 0 Å². The summed E-state index contributed by atoms with van der Waals surface area (Å²) in [5.41, 5.74) is 1.25. The molecular weight excluding hydrogens is 330 g/mol. The average molecular weight is 361 g/mol. The molecule has 0 unspecified atom stereocenters. The number of carbonyl (C=O) groups excluding carboxylic acids is 1.